The largest absolute Gasteiger partial charge is 0.310 e. The molecule has 0 saturated heterocycles. The molecule has 72 heavy (non-hydrogen) atoms. The molecule has 4 nitrogen and oxygen atoms in total. The summed E-state index contributed by atoms with van der Waals surface area (Å²) >= 11 is 0. The first-order chi connectivity index (χ1) is 34.7. The fourth-order valence-corrected chi connectivity index (χ4v) is 12.3. The summed E-state index contributed by atoms with van der Waals surface area (Å²) in [5, 5.41) is 10.3. The normalized spacial score (nSPS) is 12.8. The zero-order valence-corrected chi connectivity index (χ0v) is 43.3. The predicted octanol–water partition coefficient (Wildman–Crippen LogP) is 19.8. The monoisotopic (exact) mass is 934 g/mol. The van der Waals surface area contributed by atoms with E-state index in [-0.39, 0.29) is 10.8 Å². The minimum absolute atomic E-state index is 0.0685. The highest BCUT2D eigenvalue weighted by Gasteiger charge is 2.31. The van der Waals surface area contributed by atoms with Crippen LogP contribution in [0.3, 0.4) is 0 Å². The summed E-state index contributed by atoms with van der Waals surface area (Å²) in [6.45, 7) is 23.2. The van der Waals surface area contributed by atoms with Crippen molar-refractivity contribution in [1.82, 2.24) is 8.80 Å². The summed E-state index contributed by atoms with van der Waals surface area (Å²) in [5.74, 6) is 0.871. The number of hydrogen-bond donors (Lipinski definition) is 0. The number of para-hydroxylation sites is 2. The van der Waals surface area contributed by atoms with Crippen LogP contribution in [0.4, 0.5) is 34.1 Å². The van der Waals surface area contributed by atoms with E-state index < -0.39 is 0 Å². The molecule has 0 aliphatic carbocycles. The maximum Gasteiger partial charge on any atom is 0.0641 e. The lowest BCUT2D eigenvalue weighted by atomic mass is 9.84. The van der Waals surface area contributed by atoms with Gasteiger partial charge in [-0.05, 0) is 130 Å². The van der Waals surface area contributed by atoms with E-state index in [1.54, 1.807) is 0 Å². The molecule has 0 spiro atoms. The summed E-state index contributed by atoms with van der Waals surface area (Å²) in [7, 11) is 0. The van der Waals surface area contributed by atoms with Gasteiger partial charge in [0.1, 0.15) is 0 Å². The minimum atomic E-state index is -0.0685. The van der Waals surface area contributed by atoms with Gasteiger partial charge < -0.3 is 18.6 Å². The molecule has 4 aromatic heterocycles. The molecule has 4 heterocycles. The second-order valence-electron chi connectivity index (χ2n) is 23.0. The van der Waals surface area contributed by atoms with Crippen LogP contribution in [0, 0.1) is 0 Å². The van der Waals surface area contributed by atoms with E-state index in [1.807, 2.05) is 0 Å². The molecule has 0 bridgehead atoms. The summed E-state index contributed by atoms with van der Waals surface area (Å²) < 4.78 is 5.23. The first kappa shape index (κ1) is 44.1. The van der Waals surface area contributed by atoms with Gasteiger partial charge in [0.15, 0.2) is 0 Å². The smallest absolute Gasteiger partial charge is 0.0641 e. The van der Waals surface area contributed by atoms with E-state index in [0.29, 0.717) is 11.8 Å². The lowest BCUT2D eigenvalue weighted by Gasteiger charge is -2.27. The summed E-state index contributed by atoms with van der Waals surface area (Å²) in [6.07, 6.45) is 0. The van der Waals surface area contributed by atoms with E-state index in [9.17, 15) is 0 Å². The number of aromatic nitrogens is 2. The van der Waals surface area contributed by atoms with Gasteiger partial charge in [0.25, 0.3) is 0 Å². The number of rotatable bonds is 8. The van der Waals surface area contributed by atoms with Crippen LogP contribution in [0.15, 0.2) is 182 Å². The van der Waals surface area contributed by atoms with Gasteiger partial charge in [-0.2, -0.15) is 0 Å². The second kappa shape index (κ2) is 15.8. The fourth-order valence-electron chi connectivity index (χ4n) is 12.3. The molecular weight excluding hydrogens is 873 g/mol. The van der Waals surface area contributed by atoms with Crippen molar-refractivity contribution in [2.75, 3.05) is 9.80 Å². The molecule has 0 fully saturated rings. The van der Waals surface area contributed by atoms with Crippen LogP contribution in [0.2, 0.25) is 0 Å². The third kappa shape index (κ3) is 6.43. The molecule has 354 valence electrons. The van der Waals surface area contributed by atoms with Crippen LogP contribution in [0.5, 0.6) is 0 Å². The fraction of sp³-hybridized carbons (Fsp3) is 0.206. The highest BCUT2D eigenvalue weighted by molar-refractivity contribution is 6.33. The van der Waals surface area contributed by atoms with Crippen molar-refractivity contribution in [3.8, 4) is 0 Å². The topological polar surface area (TPSA) is 15.3 Å². The van der Waals surface area contributed by atoms with Gasteiger partial charge in [-0.3, -0.25) is 0 Å². The van der Waals surface area contributed by atoms with Gasteiger partial charge >= 0.3 is 0 Å². The SMILES string of the molecule is CC(C)c1ccc(N(c2ccccc2)c2ccc3c4c(C(C)(C)C)cccc4n4c5cc6c7c(N(c8ccccc8)c8ccc(C(C)C)cc8)ccc8c9c(C(C)(C)C)cccc9n(c6cc5c2c34)c87)cc1. The summed E-state index contributed by atoms with van der Waals surface area (Å²) in [6, 6.07) is 69.1. The summed E-state index contributed by atoms with van der Waals surface area (Å²) in [4.78, 5) is 4.98. The Morgan fingerprint density at radius 3 is 1.04 bits per heavy atom. The molecule has 0 aliphatic heterocycles. The Balaban J connectivity index is 1.23. The van der Waals surface area contributed by atoms with E-state index in [1.165, 1.54) is 110 Å². The quantitative estimate of drug-likeness (QED) is 0.151. The standard InChI is InChI=1S/C68H62N4/c1-41(2)43-27-31-47(32-28-43)69(45-19-13-11-14-20-45)57-37-35-49-61-53(67(5,6)7)23-17-25-55(61)71-59-40-52-60(39-51(59)63(57)65(49)71)72-56-26-18-24-54(68(8,9)10)62(56)50-36-38-58(64(52)66(50)72)70(46-21-15-12-16-22-46)48-33-29-44(30-34-48)42(3)4/h11-42H,1-10H3. The maximum absolute atomic E-state index is 2.61. The Morgan fingerprint density at radius 1 is 0.333 bits per heavy atom. The molecular formula is C68H62N4. The molecule has 0 unspecified atom stereocenters. The van der Waals surface area contributed by atoms with E-state index in [0.717, 1.165) is 22.7 Å². The van der Waals surface area contributed by atoms with Crippen molar-refractivity contribution >= 4 is 110 Å². The van der Waals surface area contributed by atoms with Crippen LogP contribution in [0.25, 0.3) is 76.2 Å². The Labute approximate surface area is 423 Å². The molecule has 0 N–H and O–H groups in total. The van der Waals surface area contributed by atoms with Crippen molar-refractivity contribution in [3.05, 3.63) is 204 Å². The van der Waals surface area contributed by atoms with Gasteiger partial charge in [-0.1, -0.05) is 166 Å². The van der Waals surface area contributed by atoms with E-state index >= 15 is 0 Å². The number of hydrogen-bond acceptors (Lipinski definition) is 2. The average molecular weight is 935 g/mol. The van der Waals surface area contributed by atoms with Crippen LogP contribution in [-0.2, 0) is 10.8 Å². The third-order valence-corrected chi connectivity index (χ3v) is 15.8. The predicted molar refractivity (Wildman–Crippen MR) is 311 cm³/mol. The molecule has 9 aromatic carbocycles. The molecule has 0 amide bonds. The molecule has 0 aliphatic rings. The first-order valence-corrected chi connectivity index (χ1v) is 26.0. The van der Waals surface area contributed by atoms with Crippen molar-refractivity contribution in [2.45, 2.75) is 91.9 Å². The molecule has 4 heteroatoms. The number of fused-ring (bicyclic) bond motifs is 12. The molecule has 0 atom stereocenters. The lowest BCUT2D eigenvalue weighted by molar-refractivity contribution is 0.596. The van der Waals surface area contributed by atoms with Crippen molar-refractivity contribution in [2.24, 2.45) is 0 Å². The highest BCUT2D eigenvalue weighted by Crippen LogP contribution is 2.53. The number of benzene rings is 9. The van der Waals surface area contributed by atoms with Gasteiger partial charge in [0, 0.05) is 65.8 Å². The van der Waals surface area contributed by atoms with Crippen molar-refractivity contribution < 1.29 is 0 Å². The van der Waals surface area contributed by atoms with Crippen LogP contribution >= 0.6 is 0 Å². The van der Waals surface area contributed by atoms with Gasteiger partial charge in [0.2, 0.25) is 0 Å². The number of anilines is 6. The van der Waals surface area contributed by atoms with Crippen LogP contribution < -0.4 is 9.80 Å². The van der Waals surface area contributed by atoms with Gasteiger partial charge in [-0.15, -0.1) is 0 Å². The Hall–Kier alpha value is -7.82. The highest BCUT2D eigenvalue weighted by atomic mass is 15.2. The maximum atomic E-state index is 2.61. The molecule has 0 radical (unpaired) electrons. The van der Waals surface area contributed by atoms with Crippen molar-refractivity contribution in [3.63, 3.8) is 0 Å². The van der Waals surface area contributed by atoms with Crippen LogP contribution in [-0.4, -0.2) is 8.80 Å². The minimum Gasteiger partial charge on any atom is -0.310 e. The molecule has 13 rings (SSSR count). The van der Waals surface area contributed by atoms with E-state index in [2.05, 4.69) is 270 Å². The first-order valence-electron chi connectivity index (χ1n) is 26.0. The van der Waals surface area contributed by atoms with E-state index in [4.69, 9.17) is 0 Å². The lowest BCUT2D eigenvalue weighted by Crippen LogP contribution is -2.11. The molecule has 0 saturated carbocycles. The summed E-state index contributed by atoms with van der Waals surface area (Å²) in [5.41, 5.74) is 19.6. The van der Waals surface area contributed by atoms with Crippen LogP contribution in [0.1, 0.15) is 103 Å². The Morgan fingerprint density at radius 2 is 0.694 bits per heavy atom. The van der Waals surface area contributed by atoms with Gasteiger partial charge in [-0.25, -0.2) is 0 Å². The number of nitrogens with zero attached hydrogens (tertiary/aromatic N) is 4. The average Bonchev–Trinajstić information content (AvgIpc) is 4.10. The van der Waals surface area contributed by atoms with Crippen molar-refractivity contribution in [1.29, 1.82) is 0 Å². The zero-order chi connectivity index (χ0) is 49.5. The molecule has 13 aromatic rings. The Kier molecular flexibility index (Phi) is 9.71. The Bertz CT molecular complexity index is 3920. The zero-order valence-electron chi connectivity index (χ0n) is 43.3. The second-order valence-corrected chi connectivity index (χ2v) is 23.0. The third-order valence-electron chi connectivity index (χ3n) is 15.8. The van der Waals surface area contributed by atoms with Gasteiger partial charge in [0.05, 0.1) is 44.5 Å².